The van der Waals surface area contributed by atoms with Crippen molar-refractivity contribution in [1.82, 2.24) is 10.3 Å². The van der Waals surface area contributed by atoms with Crippen LogP contribution in [0.15, 0.2) is 36.4 Å². The number of carbonyl (C=O) groups excluding carboxylic acids is 3. The SMILES string of the molecule is COc1cc(OC)cc(C(=O)NC(=O)Nc2ccc3c(c2)NC(=O)/C3=C\c2[nH]c(C)c(OC(=O)O)c2C)c1. The predicted molar refractivity (Wildman–Crippen MR) is 138 cm³/mol. The van der Waals surface area contributed by atoms with Gasteiger partial charge in [0, 0.05) is 34.1 Å². The second-order valence-electron chi connectivity index (χ2n) is 8.27. The highest BCUT2D eigenvalue weighted by molar-refractivity contribution is 6.35. The number of H-pyrrole nitrogens is 1. The van der Waals surface area contributed by atoms with Gasteiger partial charge in [-0.25, -0.2) is 9.59 Å². The predicted octanol–water partition coefficient (Wildman–Crippen LogP) is 4.16. The molecule has 5 N–H and O–H groups in total. The van der Waals surface area contributed by atoms with Gasteiger partial charge in [0.2, 0.25) is 0 Å². The Kier molecular flexibility index (Phi) is 7.06. The quantitative estimate of drug-likeness (QED) is 0.238. The minimum Gasteiger partial charge on any atom is -0.497 e. The molecule has 0 saturated heterocycles. The van der Waals surface area contributed by atoms with Gasteiger partial charge in [-0.15, -0.1) is 0 Å². The van der Waals surface area contributed by atoms with Gasteiger partial charge < -0.3 is 34.9 Å². The third kappa shape index (κ3) is 5.28. The number of hydrogen-bond donors (Lipinski definition) is 5. The first kappa shape index (κ1) is 25.8. The second kappa shape index (κ2) is 10.4. The van der Waals surface area contributed by atoms with Crippen LogP contribution in [0.4, 0.5) is 21.0 Å². The Morgan fingerprint density at radius 3 is 2.32 bits per heavy atom. The number of ether oxygens (including phenoxy) is 3. The van der Waals surface area contributed by atoms with Crippen molar-refractivity contribution >= 4 is 47.0 Å². The number of aryl methyl sites for hydroxylation is 1. The number of urea groups is 1. The Bertz CT molecular complexity index is 1480. The van der Waals surface area contributed by atoms with Crippen LogP contribution >= 0.6 is 0 Å². The Labute approximate surface area is 216 Å². The smallest absolute Gasteiger partial charge is 0.497 e. The molecule has 1 aliphatic rings. The lowest BCUT2D eigenvalue weighted by atomic mass is 10.0. The number of methoxy groups -OCH3 is 2. The van der Waals surface area contributed by atoms with Crippen LogP contribution in [0.1, 0.15) is 32.9 Å². The average Bonchev–Trinajstić information content (AvgIpc) is 3.32. The summed E-state index contributed by atoms with van der Waals surface area (Å²) in [5, 5.41) is 16.5. The molecule has 0 fully saturated rings. The lowest BCUT2D eigenvalue weighted by Crippen LogP contribution is -2.34. The summed E-state index contributed by atoms with van der Waals surface area (Å²) in [5.41, 5.74) is 3.42. The highest BCUT2D eigenvalue weighted by atomic mass is 16.7. The number of hydrogen-bond acceptors (Lipinski definition) is 7. The number of amides is 4. The molecule has 4 amide bonds. The molecule has 0 unspecified atom stereocenters. The summed E-state index contributed by atoms with van der Waals surface area (Å²) < 4.78 is 15.1. The molecule has 0 bridgehead atoms. The number of nitrogens with one attached hydrogen (secondary N) is 4. The number of aromatic amines is 1. The van der Waals surface area contributed by atoms with Crippen LogP contribution in [0, 0.1) is 13.8 Å². The molecule has 4 rings (SSSR count). The van der Waals surface area contributed by atoms with Crippen LogP contribution in [-0.4, -0.2) is 48.3 Å². The molecule has 0 spiro atoms. The molecule has 0 atom stereocenters. The van der Waals surface area contributed by atoms with E-state index >= 15 is 0 Å². The third-order valence-corrected chi connectivity index (χ3v) is 5.79. The maximum absolute atomic E-state index is 12.7. The molecule has 1 aromatic heterocycles. The minimum absolute atomic E-state index is 0.166. The first-order valence-corrected chi connectivity index (χ1v) is 11.2. The van der Waals surface area contributed by atoms with Crippen molar-refractivity contribution in [2.75, 3.05) is 24.9 Å². The van der Waals surface area contributed by atoms with Gasteiger partial charge in [-0.3, -0.25) is 14.9 Å². The number of benzene rings is 2. The molecular formula is C26H24N4O8. The van der Waals surface area contributed by atoms with E-state index in [0.717, 1.165) is 0 Å². The van der Waals surface area contributed by atoms with Gasteiger partial charge in [0.25, 0.3) is 11.8 Å². The Hall–Kier alpha value is -5.26. The summed E-state index contributed by atoms with van der Waals surface area (Å²) in [5.74, 6) is -0.0826. The van der Waals surface area contributed by atoms with E-state index in [1.165, 1.54) is 26.4 Å². The van der Waals surface area contributed by atoms with Gasteiger partial charge in [0.1, 0.15) is 11.5 Å². The van der Waals surface area contributed by atoms with Gasteiger partial charge in [-0.2, -0.15) is 0 Å². The maximum Gasteiger partial charge on any atom is 0.511 e. The van der Waals surface area contributed by atoms with E-state index in [0.29, 0.717) is 51.0 Å². The van der Waals surface area contributed by atoms with E-state index < -0.39 is 18.1 Å². The van der Waals surface area contributed by atoms with Crippen molar-refractivity contribution in [1.29, 1.82) is 0 Å². The fourth-order valence-corrected chi connectivity index (χ4v) is 3.98. The number of anilines is 2. The van der Waals surface area contributed by atoms with E-state index in [2.05, 4.69) is 20.9 Å². The van der Waals surface area contributed by atoms with Crippen molar-refractivity contribution in [3.8, 4) is 17.2 Å². The molecule has 12 nitrogen and oxygen atoms in total. The van der Waals surface area contributed by atoms with Gasteiger partial charge in [0.05, 0.1) is 31.2 Å². The summed E-state index contributed by atoms with van der Waals surface area (Å²) in [6.07, 6.45) is 0.159. The van der Waals surface area contributed by atoms with Crippen molar-refractivity contribution in [2.24, 2.45) is 0 Å². The summed E-state index contributed by atoms with van der Waals surface area (Å²) in [6, 6.07) is 8.53. The van der Waals surface area contributed by atoms with Crippen LogP contribution in [0.25, 0.3) is 11.6 Å². The first-order chi connectivity index (χ1) is 18.1. The largest absolute Gasteiger partial charge is 0.511 e. The molecule has 196 valence electrons. The van der Waals surface area contributed by atoms with Gasteiger partial charge in [0.15, 0.2) is 5.75 Å². The number of rotatable bonds is 6. The van der Waals surface area contributed by atoms with E-state index in [9.17, 15) is 19.2 Å². The lowest BCUT2D eigenvalue weighted by Gasteiger charge is -2.10. The Morgan fingerprint density at radius 2 is 1.68 bits per heavy atom. The number of carbonyl (C=O) groups is 4. The summed E-state index contributed by atoms with van der Waals surface area (Å²) in [4.78, 5) is 51.7. The molecule has 38 heavy (non-hydrogen) atoms. The zero-order valence-electron chi connectivity index (χ0n) is 20.8. The topological polar surface area (TPSA) is 168 Å². The van der Waals surface area contributed by atoms with Crippen LogP contribution < -0.4 is 30.2 Å². The Morgan fingerprint density at radius 1 is 1.00 bits per heavy atom. The average molecular weight is 520 g/mol. The zero-order chi connectivity index (χ0) is 27.6. The second-order valence-corrected chi connectivity index (χ2v) is 8.27. The van der Waals surface area contributed by atoms with E-state index in [-0.39, 0.29) is 17.2 Å². The van der Waals surface area contributed by atoms with Gasteiger partial charge in [-0.05, 0) is 44.2 Å². The van der Waals surface area contributed by atoms with Crippen LogP contribution in [0.3, 0.4) is 0 Å². The maximum atomic E-state index is 12.7. The minimum atomic E-state index is -1.44. The molecule has 0 saturated carbocycles. The molecule has 3 aromatic rings. The summed E-state index contributed by atoms with van der Waals surface area (Å²) >= 11 is 0. The standard InChI is InChI=1S/C26H24N4O8/c1-12-20(27-13(2)22(12)38-26(34)35)11-19-18-6-5-15(9-21(18)29-24(19)32)28-25(33)30-23(31)14-7-16(36-3)10-17(8-14)37-4/h5-11,27H,1-4H3,(H,29,32)(H,34,35)(H2,28,30,31,33)/b19-11-. The third-order valence-electron chi connectivity index (χ3n) is 5.79. The van der Waals surface area contributed by atoms with Crippen LogP contribution in [0.5, 0.6) is 17.2 Å². The monoisotopic (exact) mass is 520 g/mol. The number of carboxylic acid groups (broad SMARTS) is 1. The van der Waals surface area contributed by atoms with Crippen molar-refractivity contribution in [3.05, 3.63) is 64.5 Å². The van der Waals surface area contributed by atoms with Crippen molar-refractivity contribution < 1.29 is 38.5 Å². The Balaban J connectivity index is 1.50. The summed E-state index contributed by atoms with van der Waals surface area (Å²) in [6.45, 7) is 3.34. The molecular weight excluding hydrogens is 496 g/mol. The van der Waals surface area contributed by atoms with E-state index in [4.69, 9.17) is 19.3 Å². The van der Waals surface area contributed by atoms with Crippen LogP contribution in [-0.2, 0) is 4.79 Å². The van der Waals surface area contributed by atoms with Gasteiger partial charge >= 0.3 is 12.2 Å². The first-order valence-electron chi connectivity index (χ1n) is 11.2. The zero-order valence-corrected chi connectivity index (χ0v) is 20.8. The number of imide groups is 1. The fraction of sp³-hybridized carbons (Fsp3) is 0.154. The molecule has 0 radical (unpaired) electrons. The number of aromatic nitrogens is 1. The number of fused-ring (bicyclic) bond motifs is 1. The molecule has 0 aliphatic carbocycles. The van der Waals surface area contributed by atoms with Crippen LogP contribution in [0.2, 0.25) is 0 Å². The van der Waals surface area contributed by atoms with E-state index in [1.807, 2.05) is 0 Å². The van der Waals surface area contributed by atoms with Crippen molar-refractivity contribution in [2.45, 2.75) is 13.8 Å². The van der Waals surface area contributed by atoms with E-state index in [1.54, 1.807) is 44.2 Å². The highest BCUT2D eigenvalue weighted by Gasteiger charge is 2.26. The normalized spacial score (nSPS) is 12.9. The summed E-state index contributed by atoms with van der Waals surface area (Å²) in [7, 11) is 2.89. The molecule has 12 heteroatoms. The van der Waals surface area contributed by atoms with Crippen molar-refractivity contribution in [3.63, 3.8) is 0 Å². The highest BCUT2D eigenvalue weighted by Crippen LogP contribution is 2.36. The van der Waals surface area contributed by atoms with Gasteiger partial charge in [-0.1, -0.05) is 6.07 Å². The fourth-order valence-electron chi connectivity index (χ4n) is 3.98. The lowest BCUT2D eigenvalue weighted by molar-refractivity contribution is -0.110. The molecule has 2 heterocycles. The molecule has 1 aliphatic heterocycles. The molecule has 2 aromatic carbocycles.